The highest BCUT2D eigenvalue weighted by Gasteiger charge is 2.36. The van der Waals surface area contributed by atoms with E-state index in [2.05, 4.69) is 0 Å². The van der Waals surface area contributed by atoms with Gasteiger partial charge in [-0.1, -0.05) is 18.2 Å². The van der Waals surface area contributed by atoms with E-state index in [1.165, 1.54) is 0 Å². The molecule has 2 aromatic carbocycles. The SMILES string of the molecule is O=C(COc1c(F)c(F)cc(F)c1F)N(c1ccccc1)[C@H]1CCS(=O)(=O)C1. The number of rotatable bonds is 5. The second kappa shape index (κ2) is 7.78. The minimum absolute atomic E-state index is 0.0268. The number of hydrogen-bond donors (Lipinski definition) is 0. The minimum Gasteiger partial charge on any atom is -0.477 e. The molecule has 0 aliphatic carbocycles. The number of amides is 1. The highest BCUT2D eigenvalue weighted by molar-refractivity contribution is 7.91. The van der Waals surface area contributed by atoms with Crippen LogP contribution in [0, 0.1) is 23.3 Å². The van der Waals surface area contributed by atoms with Crippen LogP contribution in [0.3, 0.4) is 0 Å². The summed E-state index contributed by atoms with van der Waals surface area (Å²) in [5.74, 6) is -9.39. The Morgan fingerprint density at radius 3 is 2.21 bits per heavy atom. The molecule has 2 aromatic rings. The molecular formula is C18H15F4NO4S. The Kier molecular flexibility index (Phi) is 5.59. The molecule has 5 nitrogen and oxygen atoms in total. The summed E-state index contributed by atoms with van der Waals surface area (Å²) in [7, 11) is -3.33. The summed E-state index contributed by atoms with van der Waals surface area (Å²) in [6.45, 7) is -0.942. The molecule has 1 aliphatic rings. The van der Waals surface area contributed by atoms with E-state index in [0.717, 1.165) is 4.90 Å². The third-order valence-electron chi connectivity index (χ3n) is 4.29. The van der Waals surface area contributed by atoms with E-state index in [9.17, 15) is 30.8 Å². The molecule has 1 aliphatic heterocycles. The van der Waals surface area contributed by atoms with Crippen molar-refractivity contribution in [2.75, 3.05) is 23.0 Å². The molecule has 28 heavy (non-hydrogen) atoms. The lowest BCUT2D eigenvalue weighted by Gasteiger charge is -2.28. The Morgan fingerprint density at radius 1 is 1.07 bits per heavy atom. The Balaban J connectivity index is 1.85. The monoisotopic (exact) mass is 417 g/mol. The van der Waals surface area contributed by atoms with Crippen LogP contribution in [0.2, 0.25) is 0 Å². The second-order valence-electron chi connectivity index (χ2n) is 6.24. The Hall–Kier alpha value is -2.62. The Labute approximate surface area is 158 Å². The number of ether oxygens (including phenoxy) is 1. The summed E-state index contributed by atoms with van der Waals surface area (Å²) in [5.41, 5.74) is 0.365. The van der Waals surface area contributed by atoms with Crippen molar-refractivity contribution in [2.24, 2.45) is 0 Å². The molecule has 0 bridgehead atoms. The molecule has 0 spiro atoms. The summed E-state index contributed by atoms with van der Waals surface area (Å²) in [5, 5.41) is 0. The van der Waals surface area contributed by atoms with Gasteiger partial charge in [0.25, 0.3) is 5.91 Å². The molecule has 0 aromatic heterocycles. The Morgan fingerprint density at radius 2 is 1.68 bits per heavy atom. The standard InChI is InChI=1S/C18H15F4NO4S/c19-13-8-14(20)17(22)18(16(13)21)27-9-15(24)23(11-4-2-1-3-5-11)12-6-7-28(25,26)10-12/h1-5,8,12H,6-7,9-10H2/t12-/m0/s1. The lowest BCUT2D eigenvalue weighted by Crippen LogP contribution is -2.44. The van der Waals surface area contributed by atoms with Gasteiger partial charge in [-0.2, -0.15) is 8.78 Å². The lowest BCUT2D eigenvalue weighted by atomic mass is 10.2. The molecule has 0 saturated carbocycles. The van der Waals surface area contributed by atoms with Crippen molar-refractivity contribution in [1.29, 1.82) is 0 Å². The summed E-state index contributed by atoms with van der Waals surface area (Å²) in [4.78, 5) is 13.8. The fourth-order valence-electron chi connectivity index (χ4n) is 3.01. The highest BCUT2D eigenvalue weighted by atomic mass is 32.2. The fraction of sp³-hybridized carbons (Fsp3) is 0.278. The highest BCUT2D eigenvalue weighted by Crippen LogP contribution is 2.28. The van der Waals surface area contributed by atoms with E-state index in [0.29, 0.717) is 5.69 Å². The van der Waals surface area contributed by atoms with E-state index in [1.54, 1.807) is 30.3 Å². The zero-order valence-electron chi connectivity index (χ0n) is 14.4. The van der Waals surface area contributed by atoms with Crippen molar-refractivity contribution < 1.29 is 35.5 Å². The molecule has 10 heteroatoms. The third-order valence-corrected chi connectivity index (χ3v) is 6.04. The van der Waals surface area contributed by atoms with Gasteiger partial charge in [0, 0.05) is 11.8 Å². The number of sulfone groups is 1. The molecule has 150 valence electrons. The van der Waals surface area contributed by atoms with Crippen molar-refractivity contribution in [2.45, 2.75) is 12.5 Å². The van der Waals surface area contributed by atoms with Gasteiger partial charge in [0.2, 0.25) is 11.6 Å². The van der Waals surface area contributed by atoms with Crippen LogP contribution in [0.5, 0.6) is 5.75 Å². The van der Waals surface area contributed by atoms with Crippen LogP contribution in [0.15, 0.2) is 36.4 Å². The van der Waals surface area contributed by atoms with Crippen LogP contribution < -0.4 is 9.64 Å². The van der Waals surface area contributed by atoms with Gasteiger partial charge in [0.05, 0.1) is 17.5 Å². The first-order chi connectivity index (χ1) is 13.2. The first kappa shape index (κ1) is 20.1. The molecular weight excluding hydrogens is 402 g/mol. The molecule has 1 fully saturated rings. The van der Waals surface area contributed by atoms with Crippen LogP contribution in [0.4, 0.5) is 23.2 Å². The van der Waals surface area contributed by atoms with E-state index >= 15 is 0 Å². The zero-order valence-corrected chi connectivity index (χ0v) is 15.2. The second-order valence-corrected chi connectivity index (χ2v) is 8.47. The maximum absolute atomic E-state index is 13.7. The normalized spacial score (nSPS) is 18.1. The lowest BCUT2D eigenvalue weighted by molar-refractivity contribution is -0.121. The van der Waals surface area contributed by atoms with Crippen LogP contribution >= 0.6 is 0 Å². The smallest absolute Gasteiger partial charge is 0.265 e. The van der Waals surface area contributed by atoms with Gasteiger partial charge in [0.15, 0.2) is 33.8 Å². The molecule has 3 rings (SSSR count). The predicted octanol–water partition coefficient (Wildman–Crippen LogP) is 2.84. The average molecular weight is 417 g/mol. The number of halogens is 4. The number of carbonyl (C=O) groups is 1. The van der Waals surface area contributed by atoms with Gasteiger partial charge >= 0.3 is 0 Å². The average Bonchev–Trinajstić information content (AvgIpc) is 3.00. The van der Waals surface area contributed by atoms with Gasteiger partial charge in [-0.05, 0) is 18.6 Å². The van der Waals surface area contributed by atoms with Gasteiger partial charge < -0.3 is 9.64 Å². The molecule has 0 N–H and O–H groups in total. The maximum Gasteiger partial charge on any atom is 0.265 e. The van der Waals surface area contributed by atoms with Crippen LogP contribution in [-0.2, 0) is 14.6 Å². The van der Waals surface area contributed by atoms with Crippen LogP contribution in [0.1, 0.15) is 6.42 Å². The van der Waals surface area contributed by atoms with E-state index in [-0.39, 0.29) is 24.0 Å². The van der Waals surface area contributed by atoms with E-state index in [4.69, 9.17) is 4.74 Å². The quantitative estimate of drug-likeness (QED) is 0.555. The van der Waals surface area contributed by atoms with Gasteiger partial charge in [-0.25, -0.2) is 17.2 Å². The number of anilines is 1. The van der Waals surface area contributed by atoms with E-state index < -0.39 is 57.4 Å². The van der Waals surface area contributed by atoms with Crippen molar-refractivity contribution >= 4 is 21.4 Å². The first-order valence-electron chi connectivity index (χ1n) is 8.23. The van der Waals surface area contributed by atoms with Crippen molar-refractivity contribution in [3.8, 4) is 5.75 Å². The summed E-state index contributed by atoms with van der Waals surface area (Å²) >= 11 is 0. The van der Waals surface area contributed by atoms with E-state index in [1.807, 2.05) is 0 Å². The van der Waals surface area contributed by atoms with Gasteiger partial charge in [0.1, 0.15) is 0 Å². The number of para-hydroxylation sites is 1. The van der Waals surface area contributed by atoms with Crippen molar-refractivity contribution in [3.05, 3.63) is 59.7 Å². The molecule has 1 heterocycles. The predicted molar refractivity (Wildman–Crippen MR) is 92.8 cm³/mol. The number of benzene rings is 2. The van der Waals surface area contributed by atoms with Gasteiger partial charge in [-0.3, -0.25) is 4.79 Å². The van der Waals surface area contributed by atoms with Gasteiger partial charge in [-0.15, -0.1) is 0 Å². The summed E-state index contributed by atoms with van der Waals surface area (Å²) in [6, 6.07) is 7.40. The zero-order chi connectivity index (χ0) is 20.5. The molecule has 1 amide bonds. The number of carbonyl (C=O) groups excluding carboxylic acids is 1. The Bertz CT molecular complexity index is 972. The van der Waals surface area contributed by atoms with Crippen LogP contribution in [0.25, 0.3) is 0 Å². The molecule has 0 unspecified atom stereocenters. The van der Waals surface area contributed by atoms with Crippen molar-refractivity contribution in [1.82, 2.24) is 0 Å². The molecule has 0 radical (unpaired) electrons. The number of nitrogens with zero attached hydrogens (tertiary/aromatic N) is 1. The fourth-order valence-corrected chi connectivity index (χ4v) is 4.71. The molecule has 1 saturated heterocycles. The minimum atomic E-state index is -3.33. The van der Waals surface area contributed by atoms with Crippen LogP contribution in [-0.4, -0.2) is 38.5 Å². The molecule has 1 atom stereocenters. The summed E-state index contributed by atoms with van der Waals surface area (Å²) in [6.07, 6.45) is 0.181. The largest absolute Gasteiger partial charge is 0.477 e. The summed E-state index contributed by atoms with van der Waals surface area (Å²) < 4.78 is 82.3. The third kappa shape index (κ3) is 4.11. The topological polar surface area (TPSA) is 63.7 Å². The van der Waals surface area contributed by atoms with Crippen molar-refractivity contribution in [3.63, 3.8) is 0 Å². The first-order valence-corrected chi connectivity index (χ1v) is 10.0. The maximum atomic E-state index is 13.7. The number of hydrogen-bond acceptors (Lipinski definition) is 4.